The number of piperidine rings is 1. The van der Waals surface area contributed by atoms with Crippen LogP contribution in [0.5, 0.6) is 17.2 Å². The number of nitrogens with zero attached hydrogens (tertiary/aromatic N) is 5. The zero-order chi connectivity index (χ0) is 20.3. The van der Waals surface area contributed by atoms with Gasteiger partial charge in [0.25, 0.3) is 0 Å². The fourth-order valence-electron chi connectivity index (χ4n) is 4.24. The van der Waals surface area contributed by atoms with E-state index in [0.29, 0.717) is 24.9 Å². The molecule has 0 saturated carbocycles. The summed E-state index contributed by atoms with van der Waals surface area (Å²) >= 11 is 0. The Morgan fingerprint density at radius 2 is 1.87 bits per heavy atom. The summed E-state index contributed by atoms with van der Waals surface area (Å²) in [5.41, 5.74) is 0.908. The summed E-state index contributed by atoms with van der Waals surface area (Å²) in [7, 11) is 1.67. The summed E-state index contributed by atoms with van der Waals surface area (Å²) in [5, 5.41) is 0. The van der Waals surface area contributed by atoms with Crippen LogP contribution in [0.3, 0.4) is 0 Å². The van der Waals surface area contributed by atoms with E-state index in [1.807, 2.05) is 30.6 Å². The highest BCUT2D eigenvalue weighted by molar-refractivity contribution is 5.70. The zero-order valence-corrected chi connectivity index (χ0v) is 17.0. The number of anilines is 1. The number of methoxy groups -OCH3 is 1. The van der Waals surface area contributed by atoms with Gasteiger partial charge in [-0.15, -0.1) is 0 Å². The second kappa shape index (κ2) is 8.22. The highest BCUT2D eigenvalue weighted by atomic mass is 16.6. The van der Waals surface area contributed by atoms with Crippen LogP contribution in [-0.2, 0) is 6.54 Å². The molecule has 5 rings (SSSR count). The number of benzene rings is 1. The summed E-state index contributed by atoms with van der Waals surface area (Å²) in [4.78, 5) is 15.7. The Hall–Kier alpha value is -3.29. The van der Waals surface area contributed by atoms with Crippen molar-refractivity contribution in [3.8, 4) is 28.6 Å². The molecule has 1 aromatic carbocycles. The van der Waals surface area contributed by atoms with Crippen molar-refractivity contribution in [1.29, 1.82) is 0 Å². The molecule has 2 aromatic heterocycles. The Morgan fingerprint density at radius 1 is 1.07 bits per heavy atom. The van der Waals surface area contributed by atoms with E-state index in [4.69, 9.17) is 14.2 Å². The van der Waals surface area contributed by atoms with Crippen molar-refractivity contribution in [1.82, 2.24) is 19.5 Å². The van der Waals surface area contributed by atoms with Crippen LogP contribution in [0.2, 0.25) is 0 Å². The van der Waals surface area contributed by atoms with Gasteiger partial charge in [-0.3, -0.25) is 0 Å². The van der Waals surface area contributed by atoms with Crippen LogP contribution in [0.15, 0.2) is 43.0 Å². The molecule has 0 radical (unpaired) electrons. The largest absolute Gasteiger partial charge is 0.496 e. The van der Waals surface area contributed by atoms with E-state index in [1.54, 1.807) is 19.5 Å². The Morgan fingerprint density at radius 3 is 2.67 bits per heavy atom. The Bertz CT molecular complexity index is 1010. The first-order valence-electron chi connectivity index (χ1n) is 10.3. The zero-order valence-electron chi connectivity index (χ0n) is 17.0. The SMILES string of the molecule is COc1cc2c(cc1-c1nccn1CC1CCCN(c3ncccn3)C1)OCCO2. The molecule has 0 N–H and O–H groups in total. The van der Waals surface area contributed by atoms with E-state index in [9.17, 15) is 0 Å². The molecule has 0 spiro atoms. The van der Waals surface area contributed by atoms with Crippen molar-refractivity contribution in [2.24, 2.45) is 5.92 Å². The van der Waals surface area contributed by atoms with Gasteiger partial charge in [-0.1, -0.05) is 0 Å². The summed E-state index contributed by atoms with van der Waals surface area (Å²) in [6, 6.07) is 5.71. The van der Waals surface area contributed by atoms with E-state index in [0.717, 1.165) is 54.9 Å². The van der Waals surface area contributed by atoms with E-state index in [-0.39, 0.29) is 0 Å². The molecule has 1 atom stereocenters. The van der Waals surface area contributed by atoms with Crippen molar-refractivity contribution < 1.29 is 14.2 Å². The topological polar surface area (TPSA) is 74.5 Å². The van der Waals surface area contributed by atoms with Crippen LogP contribution in [0.1, 0.15) is 12.8 Å². The first kappa shape index (κ1) is 18.7. The second-order valence-electron chi connectivity index (χ2n) is 7.60. The van der Waals surface area contributed by atoms with Crippen molar-refractivity contribution in [2.75, 3.05) is 38.3 Å². The van der Waals surface area contributed by atoms with Gasteiger partial charge in [-0.05, 0) is 30.9 Å². The Kier molecular flexibility index (Phi) is 5.13. The maximum atomic E-state index is 5.78. The van der Waals surface area contributed by atoms with Gasteiger partial charge in [0.05, 0.1) is 12.7 Å². The minimum absolute atomic E-state index is 0.485. The normalized spacial score (nSPS) is 18.3. The standard InChI is InChI=1S/C22H25N5O3/c1-28-18-13-20-19(29-10-11-30-20)12-17(18)21-23-7-9-26(21)14-16-4-2-8-27(15-16)22-24-5-3-6-25-22/h3,5-7,9,12-13,16H,2,4,8,10-11,14-15H2,1H3. The van der Waals surface area contributed by atoms with E-state index in [2.05, 4.69) is 24.4 Å². The molecule has 0 aliphatic carbocycles. The van der Waals surface area contributed by atoms with Crippen LogP contribution >= 0.6 is 0 Å². The molecule has 2 aliphatic heterocycles. The van der Waals surface area contributed by atoms with Crippen LogP contribution in [0, 0.1) is 5.92 Å². The maximum Gasteiger partial charge on any atom is 0.225 e. The Labute approximate surface area is 175 Å². The number of imidazole rings is 1. The van der Waals surface area contributed by atoms with Gasteiger partial charge in [0.2, 0.25) is 5.95 Å². The minimum Gasteiger partial charge on any atom is -0.496 e. The average Bonchev–Trinajstić information content (AvgIpc) is 3.26. The molecule has 156 valence electrons. The molecular formula is C22H25N5O3. The van der Waals surface area contributed by atoms with Gasteiger partial charge in [-0.2, -0.15) is 0 Å². The summed E-state index contributed by atoms with van der Waals surface area (Å²) in [6.45, 7) is 3.89. The predicted molar refractivity (Wildman–Crippen MR) is 112 cm³/mol. The fourth-order valence-corrected chi connectivity index (χ4v) is 4.24. The van der Waals surface area contributed by atoms with Gasteiger partial charge in [-0.25, -0.2) is 15.0 Å². The summed E-state index contributed by atoms with van der Waals surface area (Å²) in [5.74, 6) is 4.34. The van der Waals surface area contributed by atoms with Gasteiger partial charge in [0.15, 0.2) is 11.5 Å². The molecule has 8 nitrogen and oxygen atoms in total. The van der Waals surface area contributed by atoms with Crippen molar-refractivity contribution >= 4 is 5.95 Å². The third kappa shape index (κ3) is 3.65. The van der Waals surface area contributed by atoms with Crippen LogP contribution in [-0.4, -0.2) is 52.9 Å². The number of hydrogen-bond acceptors (Lipinski definition) is 7. The van der Waals surface area contributed by atoms with E-state index < -0.39 is 0 Å². The van der Waals surface area contributed by atoms with Crippen molar-refractivity contribution in [3.05, 3.63) is 43.0 Å². The maximum absolute atomic E-state index is 5.78. The lowest BCUT2D eigenvalue weighted by Gasteiger charge is -2.33. The quantitative estimate of drug-likeness (QED) is 0.643. The Balaban J connectivity index is 1.39. The van der Waals surface area contributed by atoms with Gasteiger partial charge in [0.1, 0.15) is 24.8 Å². The average molecular weight is 407 g/mol. The monoisotopic (exact) mass is 407 g/mol. The van der Waals surface area contributed by atoms with Crippen LogP contribution in [0.25, 0.3) is 11.4 Å². The summed E-state index contributed by atoms with van der Waals surface area (Å²) < 4.78 is 19.3. The van der Waals surface area contributed by atoms with Gasteiger partial charge in [0, 0.05) is 50.5 Å². The lowest BCUT2D eigenvalue weighted by atomic mass is 9.98. The van der Waals surface area contributed by atoms with Crippen molar-refractivity contribution in [3.63, 3.8) is 0 Å². The molecule has 2 aliphatic rings. The number of aromatic nitrogens is 4. The van der Waals surface area contributed by atoms with Crippen LogP contribution < -0.4 is 19.1 Å². The smallest absolute Gasteiger partial charge is 0.225 e. The number of fused-ring (bicyclic) bond motifs is 1. The summed E-state index contributed by atoms with van der Waals surface area (Å²) in [6.07, 6.45) is 9.76. The third-order valence-corrected chi connectivity index (χ3v) is 5.63. The fraction of sp³-hybridized carbons (Fsp3) is 0.409. The molecule has 30 heavy (non-hydrogen) atoms. The molecule has 0 amide bonds. The van der Waals surface area contributed by atoms with Gasteiger partial charge >= 0.3 is 0 Å². The first-order chi connectivity index (χ1) is 14.8. The molecular weight excluding hydrogens is 382 g/mol. The molecule has 1 unspecified atom stereocenters. The molecule has 1 saturated heterocycles. The molecule has 0 bridgehead atoms. The molecule has 1 fully saturated rings. The highest BCUT2D eigenvalue weighted by Gasteiger charge is 2.24. The lowest BCUT2D eigenvalue weighted by Crippen LogP contribution is -2.38. The lowest BCUT2D eigenvalue weighted by molar-refractivity contribution is 0.171. The number of ether oxygens (including phenoxy) is 3. The van der Waals surface area contributed by atoms with E-state index >= 15 is 0 Å². The predicted octanol–water partition coefficient (Wildman–Crippen LogP) is 3.04. The van der Waals surface area contributed by atoms with Crippen LogP contribution in [0.4, 0.5) is 5.95 Å². The van der Waals surface area contributed by atoms with Crippen molar-refractivity contribution in [2.45, 2.75) is 19.4 Å². The van der Waals surface area contributed by atoms with Gasteiger partial charge < -0.3 is 23.7 Å². The molecule has 8 heteroatoms. The minimum atomic E-state index is 0.485. The number of rotatable bonds is 5. The molecule has 3 aromatic rings. The third-order valence-electron chi connectivity index (χ3n) is 5.63. The second-order valence-corrected chi connectivity index (χ2v) is 7.60. The number of hydrogen-bond donors (Lipinski definition) is 0. The first-order valence-corrected chi connectivity index (χ1v) is 10.3. The highest BCUT2D eigenvalue weighted by Crippen LogP contribution is 2.41. The van der Waals surface area contributed by atoms with E-state index in [1.165, 1.54) is 6.42 Å². The molecule has 4 heterocycles.